The Kier molecular flexibility index (Phi) is 3.02. The summed E-state index contributed by atoms with van der Waals surface area (Å²) in [4.78, 5) is 24.3. The number of aromatic nitrogens is 2. The molecule has 3 rings (SSSR count). The number of amides is 1. The molecule has 1 atom stereocenters. The Bertz CT molecular complexity index is 692. The number of carbonyl (C=O) groups is 1. The summed E-state index contributed by atoms with van der Waals surface area (Å²) < 4.78 is 5.22. The molecule has 7 heteroatoms. The van der Waals surface area contributed by atoms with E-state index in [1.54, 1.807) is 7.11 Å². The SMILES string of the molecule is COc1cccc2[nH]c(NC(=O)C3=NOC(C)C3)nc12. The predicted octanol–water partition coefficient (Wildman–Crippen LogP) is 1.67. The number of H-pyrrole nitrogens is 1. The van der Waals surface area contributed by atoms with Crippen LogP contribution in [0.3, 0.4) is 0 Å². The third-order valence-electron chi connectivity index (χ3n) is 3.01. The van der Waals surface area contributed by atoms with Gasteiger partial charge >= 0.3 is 0 Å². The number of para-hydroxylation sites is 1. The highest BCUT2D eigenvalue weighted by Gasteiger charge is 2.23. The lowest BCUT2D eigenvalue weighted by Crippen LogP contribution is -2.23. The first-order valence-electron chi connectivity index (χ1n) is 6.24. The number of ether oxygens (including phenoxy) is 1. The van der Waals surface area contributed by atoms with Crippen LogP contribution >= 0.6 is 0 Å². The molecule has 2 aromatic rings. The summed E-state index contributed by atoms with van der Waals surface area (Å²) in [6, 6.07) is 5.52. The Labute approximate surface area is 115 Å². The predicted molar refractivity (Wildman–Crippen MR) is 73.9 cm³/mol. The van der Waals surface area contributed by atoms with Gasteiger partial charge in [0.2, 0.25) is 5.95 Å². The molecule has 0 saturated heterocycles. The molecular formula is C13H14N4O3. The summed E-state index contributed by atoms with van der Waals surface area (Å²) in [6.45, 7) is 1.86. The van der Waals surface area contributed by atoms with Crippen LogP contribution in [0.1, 0.15) is 13.3 Å². The van der Waals surface area contributed by atoms with Crippen LogP contribution in [0.2, 0.25) is 0 Å². The van der Waals surface area contributed by atoms with Crippen LogP contribution in [0.4, 0.5) is 5.95 Å². The van der Waals surface area contributed by atoms with Crippen LogP contribution in [0, 0.1) is 0 Å². The van der Waals surface area contributed by atoms with Crippen molar-refractivity contribution in [3.05, 3.63) is 18.2 Å². The molecule has 0 spiro atoms. The molecule has 104 valence electrons. The molecule has 1 amide bonds. The lowest BCUT2D eigenvalue weighted by Gasteiger charge is -1.99. The number of aromatic amines is 1. The van der Waals surface area contributed by atoms with Crippen LogP contribution in [-0.4, -0.2) is 34.8 Å². The maximum absolute atomic E-state index is 12.0. The number of oxime groups is 1. The number of nitrogens with one attached hydrogen (secondary N) is 2. The number of anilines is 1. The van der Waals surface area contributed by atoms with Gasteiger partial charge in [-0.05, 0) is 19.1 Å². The first-order chi connectivity index (χ1) is 9.67. The largest absolute Gasteiger partial charge is 0.494 e. The van der Waals surface area contributed by atoms with Crippen LogP contribution < -0.4 is 10.1 Å². The molecule has 1 aromatic heterocycles. The highest BCUT2D eigenvalue weighted by Crippen LogP contribution is 2.24. The fourth-order valence-corrected chi connectivity index (χ4v) is 2.04. The zero-order valence-corrected chi connectivity index (χ0v) is 11.1. The molecule has 1 aliphatic heterocycles. The van der Waals surface area contributed by atoms with Crippen molar-refractivity contribution in [1.29, 1.82) is 0 Å². The van der Waals surface area contributed by atoms with Crippen molar-refractivity contribution in [1.82, 2.24) is 9.97 Å². The summed E-state index contributed by atoms with van der Waals surface area (Å²) >= 11 is 0. The zero-order chi connectivity index (χ0) is 14.1. The number of rotatable bonds is 3. The minimum Gasteiger partial charge on any atom is -0.494 e. The second-order valence-corrected chi connectivity index (χ2v) is 4.55. The van der Waals surface area contributed by atoms with Gasteiger partial charge < -0.3 is 14.6 Å². The van der Waals surface area contributed by atoms with Crippen molar-refractivity contribution in [3.63, 3.8) is 0 Å². The molecule has 2 N–H and O–H groups in total. The number of imidazole rings is 1. The highest BCUT2D eigenvalue weighted by molar-refractivity contribution is 6.43. The van der Waals surface area contributed by atoms with Gasteiger partial charge in [0.25, 0.3) is 5.91 Å². The van der Waals surface area contributed by atoms with E-state index in [-0.39, 0.29) is 12.0 Å². The van der Waals surface area contributed by atoms with Gasteiger partial charge in [0.05, 0.1) is 12.6 Å². The van der Waals surface area contributed by atoms with Gasteiger partial charge in [0, 0.05) is 6.42 Å². The first kappa shape index (κ1) is 12.5. The third-order valence-corrected chi connectivity index (χ3v) is 3.01. The third kappa shape index (κ3) is 2.18. The quantitative estimate of drug-likeness (QED) is 0.891. The molecule has 7 nitrogen and oxygen atoms in total. The Balaban J connectivity index is 1.83. The van der Waals surface area contributed by atoms with E-state index >= 15 is 0 Å². The molecule has 1 unspecified atom stereocenters. The maximum atomic E-state index is 12.0. The van der Waals surface area contributed by atoms with E-state index in [2.05, 4.69) is 20.4 Å². The van der Waals surface area contributed by atoms with Crippen LogP contribution in [0.25, 0.3) is 11.0 Å². The van der Waals surface area contributed by atoms with E-state index in [9.17, 15) is 4.79 Å². The van der Waals surface area contributed by atoms with Gasteiger partial charge in [0.1, 0.15) is 23.1 Å². The maximum Gasteiger partial charge on any atom is 0.275 e. The standard InChI is InChI=1S/C13H14N4O3/c1-7-6-9(17-20-7)12(18)16-13-14-8-4-3-5-10(19-2)11(8)15-13/h3-5,7H,6H2,1-2H3,(H2,14,15,16,18). The Hall–Kier alpha value is -2.57. The monoisotopic (exact) mass is 274 g/mol. The summed E-state index contributed by atoms with van der Waals surface area (Å²) in [5, 5.41) is 6.41. The molecule has 2 heterocycles. The Morgan fingerprint density at radius 2 is 2.40 bits per heavy atom. The highest BCUT2D eigenvalue weighted by atomic mass is 16.6. The molecule has 0 radical (unpaired) electrons. The number of benzene rings is 1. The van der Waals surface area contributed by atoms with Gasteiger partial charge in [-0.2, -0.15) is 0 Å². The first-order valence-corrected chi connectivity index (χ1v) is 6.24. The van der Waals surface area contributed by atoms with Gasteiger partial charge in [-0.3, -0.25) is 10.1 Å². The molecule has 1 aromatic carbocycles. The Morgan fingerprint density at radius 3 is 3.10 bits per heavy atom. The number of carbonyl (C=O) groups excluding carboxylic acids is 1. The molecule has 0 fully saturated rings. The van der Waals surface area contributed by atoms with E-state index in [4.69, 9.17) is 9.57 Å². The van der Waals surface area contributed by atoms with Crippen LogP contribution in [0.5, 0.6) is 5.75 Å². The Morgan fingerprint density at radius 1 is 1.55 bits per heavy atom. The number of hydrogen-bond acceptors (Lipinski definition) is 5. The lowest BCUT2D eigenvalue weighted by molar-refractivity contribution is -0.110. The smallest absolute Gasteiger partial charge is 0.275 e. The molecule has 1 aliphatic rings. The van der Waals surface area contributed by atoms with Gasteiger partial charge in [-0.25, -0.2) is 4.98 Å². The van der Waals surface area contributed by atoms with Crippen molar-refractivity contribution in [2.45, 2.75) is 19.4 Å². The molecular weight excluding hydrogens is 260 g/mol. The molecule has 0 aliphatic carbocycles. The fourth-order valence-electron chi connectivity index (χ4n) is 2.04. The number of fused-ring (bicyclic) bond motifs is 1. The van der Waals surface area contributed by atoms with Crippen molar-refractivity contribution in [2.24, 2.45) is 5.16 Å². The van der Waals surface area contributed by atoms with Gasteiger partial charge in [-0.15, -0.1) is 0 Å². The molecule has 0 saturated carbocycles. The minimum atomic E-state index is -0.313. The number of nitrogens with zero attached hydrogens (tertiary/aromatic N) is 2. The van der Waals surface area contributed by atoms with E-state index < -0.39 is 0 Å². The summed E-state index contributed by atoms with van der Waals surface area (Å²) in [7, 11) is 1.58. The number of hydrogen-bond donors (Lipinski definition) is 2. The second-order valence-electron chi connectivity index (χ2n) is 4.55. The summed E-state index contributed by atoms with van der Waals surface area (Å²) in [5.41, 5.74) is 1.82. The summed E-state index contributed by atoms with van der Waals surface area (Å²) in [5.74, 6) is 0.693. The van der Waals surface area contributed by atoms with Crippen molar-refractivity contribution < 1.29 is 14.4 Å². The van der Waals surface area contributed by atoms with Crippen molar-refractivity contribution in [3.8, 4) is 5.75 Å². The topological polar surface area (TPSA) is 88.6 Å². The zero-order valence-electron chi connectivity index (χ0n) is 11.1. The lowest BCUT2D eigenvalue weighted by atomic mass is 10.2. The van der Waals surface area contributed by atoms with E-state index in [1.807, 2.05) is 25.1 Å². The fraction of sp³-hybridized carbons (Fsp3) is 0.308. The van der Waals surface area contributed by atoms with E-state index in [1.165, 1.54) is 0 Å². The van der Waals surface area contributed by atoms with E-state index in [0.29, 0.717) is 29.3 Å². The number of methoxy groups -OCH3 is 1. The average Bonchev–Trinajstić information content (AvgIpc) is 3.03. The van der Waals surface area contributed by atoms with Gasteiger partial charge in [0.15, 0.2) is 0 Å². The minimum absolute atomic E-state index is 0.0634. The van der Waals surface area contributed by atoms with Gasteiger partial charge in [-0.1, -0.05) is 11.2 Å². The van der Waals surface area contributed by atoms with Crippen LogP contribution in [0.15, 0.2) is 23.4 Å². The van der Waals surface area contributed by atoms with Crippen molar-refractivity contribution >= 4 is 28.6 Å². The molecule has 0 bridgehead atoms. The second kappa shape index (κ2) is 4.84. The van der Waals surface area contributed by atoms with Crippen LogP contribution in [-0.2, 0) is 9.63 Å². The molecule has 20 heavy (non-hydrogen) atoms. The summed E-state index contributed by atoms with van der Waals surface area (Å²) in [6.07, 6.45) is 0.432. The van der Waals surface area contributed by atoms with E-state index in [0.717, 1.165) is 5.52 Å². The average molecular weight is 274 g/mol. The van der Waals surface area contributed by atoms with Crippen molar-refractivity contribution in [2.75, 3.05) is 12.4 Å². The normalized spacial score (nSPS) is 17.7.